The smallest absolute Gasteiger partial charge is 0.369 e. The van der Waals surface area contributed by atoms with E-state index >= 15 is 0 Å². The van der Waals surface area contributed by atoms with E-state index in [0.29, 0.717) is 25.7 Å². The fourth-order valence-electron chi connectivity index (χ4n) is 2.81. The molecule has 1 fully saturated rings. The maximum atomic E-state index is 13.2. The van der Waals surface area contributed by atoms with E-state index in [1.165, 1.54) is 12.1 Å². The van der Waals surface area contributed by atoms with Gasteiger partial charge in [0, 0.05) is 12.0 Å². The summed E-state index contributed by atoms with van der Waals surface area (Å²) < 4.78 is 39.7. The summed E-state index contributed by atoms with van der Waals surface area (Å²) in [6.45, 7) is 0. The number of alkyl halides is 3. The minimum Gasteiger partial charge on any atom is -0.369 e. The van der Waals surface area contributed by atoms with E-state index in [-0.39, 0.29) is 23.4 Å². The zero-order valence-corrected chi connectivity index (χ0v) is 11.6. The van der Waals surface area contributed by atoms with Gasteiger partial charge in [0.15, 0.2) is 0 Å². The van der Waals surface area contributed by atoms with E-state index in [1.54, 1.807) is 18.2 Å². The molecule has 21 heavy (non-hydrogen) atoms. The van der Waals surface area contributed by atoms with Crippen molar-refractivity contribution in [1.82, 2.24) is 5.32 Å². The summed E-state index contributed by atoms with van der Waals surface area (Å²) in [6.07, 6.45) is -2.18. The van der Waals surface area contributed by atoms with Crippen LogP contribution in [-0.2, 0) is 4.79 Å². The molecule has 0 saturated heterocycles. The Morgan fingerprint density at radius 3 is 2.19 bits per heavy atom. The molecule has 1 unspecified atom stereocenters. The Balaban J connectivity index is 2.03. The Labute approximate surface area is 121 Å². The van der Waals surface area contributed by atoms with Gasteiger partial charge in [-0.15, -0.1) is 0 Å². The first-order valence-electron chi connectivity index (χ1n) is 7.05. The predicted molar refractivity (Wildman–Crippen MR) is 73.3 cm³/mol. The van der Waals surface area contributed by atoms with Gasteiger partial charge in [0.2, 0.25) is 5.91 Å². The van der Waals surface area contributed by atoms with Crippen LogP contribution in [0.3, 0.4) is 0 Å². The Bertz CT molecular complexity index is 468. The maximum absolute atomic E-state index is 13.2. The lowest BCUT2D eigenvalue weighted by atomic mass is 9.85. The molecule has 1 aromatic carbocycles. The highest BCUT2D eigenvalue weighted by Crippen LogP contribution is 2.35. The molecule has 2 rings (SSSR count). The molecule has 0 aromatic heterocycles. The van der Waals surface area contributed by atoms with E-state index < -0.39 is 12.2 Å². The third kappa shape index (κ3) is 4.20. The molecule has 116 valence electrons. The molecule has 1 aliphatic rings. The fraction of sp³-hybridized carbons (Fsp3) is 0.533. The normalized spacial score (nSPS) is 24.5. The van der Waals surface area contributed by atoms with Gasteiger partial charge >= 0.3 is 6.18 Å². The summed E-state index contributed by atoms with van der Waals surface area (Å²) >= 11 is 0. The summed E-state index contributed by atoms with van der Waals surface area (Å²) in [4.78, 5) is 11.1. The number of hydrogen-bond donors (Lipinski definition) is 2. The van der Waals surface area contributed by atoms with Crippen molar-refractivity contribution in [2.45, 2.75) is 43.9 Å². The SMILES string of the molecule is NC(=O)C1CCC(NC(c2ccccc2)C(F)(F)F)CC1. The Hall–Kier alpha value is -1.56. The summed E-state index contributed by atoms with van der Waals surface area (Å²) in [5.74, 6) is -0.562. The predicted octanol–water partition coefficient (Wildman–Crippen LogP) is 2.92. The summed E-state index contributed by atoms with van der Waals surface area (Å²) in [7, 11) is 0. The molecule has 0 spiro atoms. The molecule has 1 amide bonds. The highest BCUT2D eigenvalue weighted by Gasteiger charge is 2.42. The van der Waals surface area contributed by atoms with Crippen molar-refractivity contribution in [3.05, 3.63) is 35.9 Å². The zero-order chi connectivity index (χ0) is 15.5. The van der Waals surface area contributed by atoms with Gasteiger partial charge in [0.1, 0.15) is 6.04 Å². The van der Waals surface area contributed by atoms with Gasteiger partial charge < -0.3 is 5.73 Å². The first-order valence-corrected chi connectivity index (χ1v) is 7.05. The monoisotopic (exact) mass is 300 g/mol. The fourth-order valence-corrected chi connectivity index (χ4v) is 2.81. The minimum atomic E-state index is -4.35. The quantitative estimate of drug-likeness (QED) is 0.898. The number of nitrogens with two attached hydrogens (primary N) is 1. The standard InChI is InChI=1S/C15H19F3N2O/c16-15(17,18)13(10-4-2-1-3-5-10)20-12-8-6-11(7-9-12)14(19)21/h1-5,11-13,20H,6-9H2,(H2,19,21). The van der Waals surface area contributed by atoms with E-state index in [1.807, 2.05) is 0 Å². The first-order chi connectivity index (χ1) is 9.88. The third-order valence-corrected chi connectivity index (χ3v) is 3.99. The number of benzene rings is 1. The van der Waals surface area contributed by atoms with Gasteiger partial charge in [0.25, 0.3) is 0 Å². The maximum Gasteiger partial charge on any atom is 0.407 e. The van der Waals surface area contributed by atoms with E-state index in [4.69, 9.17) is 5.73 Å². The topological polar surface area (TPSA) is 55.1 Å². The van der Waals surface area contributed by atoms with Crippen molar-refractivity contribution >= 4 is 5.91 Å². The molecule has 0 radical (unpaired) electrons. The molecule has 1 aliphatic carbocycles. The summed E-state index contributed by atoms with van der Waals surface area (Å²) in [6, 6.07) is 5.91. The lowest BCUT2D eigenvalue weighted by Gasteiger charge is -2.32. The van der Waals surface area contributed by atoms with Gasteiger partial charge in [-0.05, 0) is 31.2 Å². The van der Waals surface area contributed by atoms with Crippen molar-refractivity contribution in [1.29, 1.82) is 0 Å². The van der Waals surface area contributed by atoms with Gasteiger partial charge in [-0.2, -0.15) is 13.2 Å². The second-order valence-electron chi connectivity index (χ2n) is 5.50. The lowest BCUT2D eigenvalue weighted by Crippen LogP contribution is -2.43. The number of nitrogens with one attached hydrogen (secondary N) is 1. The number of halogens is 3. The molecule has 0 heterocycles. The number of hydrogen-bond acceptors (Lipinski definition) is 2. The van der Waals surface area contributed by atoms with Crippen molar-refractivity contribution in [3.8, 4) is 0 Å². The second kappa shape index (κ2) is 6.47. The molecule has 3 N–H and O–H groups in total. The molecule has 1 saturated carbocycles. The minimum absolute atomic E-state index is 0.205. The Kier molecular flexibility index (Phi) is 4.88. The molecule has 3 nitrogen and oxygen atoms in total. The first kappa shape index (κ1) is 15.8. The average molecular weight is 300 g/mol. The van der Waals surface area contributed by atoms with E-state index in [9.17, 15) is 18.0 Å². The van der Waals surface area contributed by atoms with Crippen LogP contribution < -0.4 is 11.1 Å². The average Bonchev–Trinajstić information content (AvgIpc) is 2.45. The number of amides is 1. The summed E-state index contributed by atoms with van der Waals surface area (Å²) in [5.41, 5.74) is 5.45. The van der Waals surface area contributed by atoms with Gasteiger partial charge in [-0.3, -0.25) is 10.1 Å². The van der Waals surface area contributed by atoms with Crippen LogP contribution in [0.5, 0.6) is 0 Å². The number of primary amides is 1. The number of rotatable bonds is 4. The second-order valence-corrected chi connectivity index (χ2v) is 5.50. The highest BCUT2D eigenvalue weighted by atomic mass is 19.4. The highest BCUT2D eigenvalue weighted by molar-refractivity contribution is 5.76. The van der Waals surface area contributed by atoms with Crippen molar-refractivity contribution < 1.29 is 18.0 Å². The number of carbonyl (C=O) groups excluding carboxylic acids is 1. The zero-order valence-electron chi connectivity index (χ0n) is 11.6. The van der Waals surface area contributed by atoms with Crippen molar-refractivity contribution in [3.63, 3.8) is 0 Å². The van der Waals surface area contributed by atoms with Crippen LogP contribution in [0.2, 0.25) is 0 Å². The summed E-state index contributed by atoms with van der Waals surface area (Å²) in [5, 5.41) is 2.69. The molecule has 0 bridgehead atoms. The van der Waals surface area contributed by atoms with Gasteiger partial charge in [0.05, 0.1) is 0 Å². The largest absolute Gasteiger partial charge is 0.407 e. The molecular weight excluding hydrogens is 281 g/mol. The van der Waals surface area contributed by atoms with Gasteiger partial charge in [-0.25, -0.2) is 0 Å². The van der Waals surface area contributed by atoms with Crippen LogP contribution in [-0.4, -0.2) is 18.1 Å². The third-order valence-electron chi connectivity index (χ3n) is 3.99. The molecular formula is C15H19F3N2O. The van der Waals surface area contributed by atoms with Gasteiger partial charge in [-0.1, -0.05) is 30.3 Å². The Morgan fingerprint density at radius 1 is 1.14 bits per heavy atom. The van der Waals surface area contributed by atoms with Crippen molar-refractivity contribution in [2.24, 2.45) is 11.7 Å². The van der Waals surface area contributed by atoms with E-state index in [0.717, 1.165) is 0 Å². The molecule has 0 aliphatic heterocycles. The molecule has 1 atom stereocenters. The van der Waals surface area contributed by atoms with Crippen molar-refractivity contribution in [2.75, 3.05) is 0 Å². The van der Waals surface area contributed by atoms with Crippen LogP contribution in [0.25, 0.3) is 0 Å². The van der Waals surface area contributed by atoms with Crippen LogP contribution in [0, 0.1) is 5.92 Å². The van der Waals surface area contributed by atoms with Crippen LogP contribution in [0.4, 0.5) is 13.2 Å². The van der Waals surface area contributed by atoms with Crippen LogP contribution in [0.1, 0.15) is 37.3 Å². The molecule has 6 heteroatoms. The number of carbonyl (C=O) groups is 1. The van der Waals surface area contributed by atoms with E-state index in [2.05, 4.69) is 5.32 Å². The van der Waals surface area contributed by atoms with Crippen LogP contribution >= 0.6 is 0 Å². The molecule has 1 aromatic rings. The Morgan fingerprint density at radius 2 is 1.71 bits per heavy atom. The lowest BCUT2D eigenvalue weighted by molar-refractivity contribution is -0.160. The van der Waals surface area contributed by atoms with Crippen LogP contribution in [0.15, 0.2) is 30.3 Å².